The zero-order chi connectivity index (χ0) is 21.1. The first-order chi connectivity index (χ1) is 13.5. The van der Waals surface area contributed by atoms with Crippen molar-refractivity contribution in [3.63, 3.8) is 0 Å². The largest absolute Gasteiger partial charge is 0.299 e. The van der Waals surface area contributed by atoms with Gasteiger partial charge in [0, 0.05) is 36.1 Å². The highest BCUT2D eigenvalue weighted by Crippen LogP contribution is 2.43. The molecule has 9 heteroatoms. The molecule has 1 aromatic heterocycles. The smallest absolute Gasteiger partial charge is 0.283 e. The summed E-state index contributed by atoms with van der Waals surface area (Å²) in [5.74, 6) is -3.48. The fourth-order valence-electron chi connectivity index (χ4n) is 3.57. The van der Waals surface area contributed by atoms with Gasteiger partial charge in [0.2, 0.25) is 0 Å². The lowest BCUT2D eigenvalue weighted by Crippen LogP contribution is -2.33. The summed E-state index contributed by atoms with van der Waals surface area (Å²) in [6.45, 7) is 2.52. The average molecular weight is 439 g/mol. The molecule has 0 spiro atoms. The van der Waals surface area contributed by atoms with Crippen LogP contribution in [0.5, 0.6) is 0 Å². The third kappa shape index (κ3) is 3.14. The Morgan fingerprint density at radius 2 is 1.83 bits per heavy atom. The van der Waals surface area contributed by atoms with Crippen LogP contribution in [0.1, 0.15) is 37.4 Å². The molecule has 29 heavy (non-hydrogen) atoms. The van der Waals surface area contributed by atoms with Crippen molar-refractivity contribution in [2.45, 2.75) is 37.0 Å². The summed E-state index contributed by atoms with van der Waals surface area (Å²) >= 11 is 6.34. The van der Waals surface area contributed by atoms with E-state index in [2.05, 4.69) is 5.10 Å². The van der Waals surface area contributed by atoms with E-state index in [1.165, 1.54) is 0 Å². The topological polar surface area (TPSA) is 69.0 Å². The number of halogens is 3. The maximum absolute atomic E-state index is 13.5. The van der Waals surface area contributed by atoms with E-state index in [4.69, 9.17) is 11.6 Å². The van der Waals surface area contributed by atoms with Crippen LogP contribution in [0.4, 0.5) is 8.78 Å². The second kappa shape index (κ2) is 6.60. The molecule has 1 saturated carbocycles. The number of alkyl halides is 2. The molecule has 4 rings (SSSR count). The van der Waals surface area contributed by atoms with E-state index in [-0.39, 0.29) is 40.0 Å². The predicted molar refractivity (Wildman–Crippen MR) is 105 cm³/mol. The number of benzene rings is 2. The molecule has 3 aromatic rings. The standard InChI is InChI=1S/C20H17ClF2N2O3S/c1-11-14(10-17(11)26)19-18-15(21)4-3-5-16(18)25(24-19)29(27,28)13-8-6-12(7-9-13)20(2,22)23/h3-9,11,14H,10H2,1-2H3. The van der Waals surface area contributed by atoms with Crippen molar-refractivity contribution in [1.29, 1.82) is 0 Å². The monoisotopic (exact) mass is 438 g/mol. The lowest BCUT2D eigenvalue weighted by molar-refractivity contribution is -0.130. The molecule has 1 heterocycles. The van der Waals surface area contributed by atoms with Crippen LogP contribution in [-0.4, -0.2) is 23.4 Å². The van der Waals surface area contributed by atoms with Crippen LogP contribution in [0.25, 0.3) is 10.9 Å². The number of carbonyl (C=O) groups is 1. The summed E-state index contributed by atoms with van der Waals surface area (Å²) in [5.41, 5.74) is 0.453. The van der Waals surface area contributed by atoms with Gasteiger partial charge in [0.05, 0.1) is 21.1 Å². The van der Waals surface area contributed by atoms with Crippen molar-refractivity contribution in [2.75, 3.05) is 0 Å². The predicted octanol–water partition coefficient (Wildman–Crippen LogP) is 4.73. The van der Waals surface area contributed by atoms with Crippen LogP contribution >= 0.6 is 11.6 Å². The summed E-state index contributed by atoms with van der Waals surface area (Å²) in [7, 11) is -4.16. The number of rotatable bonds is 4. The molecule has 0 aliphatic heterocycles. The van der Waals surface area contributed by atoms with Gasteiger partial charge in [-0.2, -0.15) is 17.6 Å². The van der Waals surface area contributed by atoms with Gasteiger partial charge in [-0.25, -0.2) is 8.78 Å². The van der Waals surface area contributed by atoms with Gasteiger partial charge in [-0.3, -0.25) is 4.79 Å². The second-order valence-corrected chi connectivity index (χ2v) is 9.52. The summed E-state index contributed by atoms with van der Waals surface area (Å²) in [4.78, 5) is 11.6. The van der Waals surface area contributed by atoms with E-state index in [1.807, 2.05) is 0 Å². The maximum Gasteiger partial charge on any atom is 0.283 e. The summed E-state index contributed by atoms with van der Waals surface area (Å²) in [6.07, 6.45) is 0.277. The highest BCUT2D eigenvalue weighted by atomic mass is 35.5. The number of Topliss-reactive ketones (excluding diaryl/α,β-unsaturated/α-hetero) is 1. The van der Waals surface area contributed by atoms with Crippen molar-refractivity contribution < 1.29 is 22.0 Å². The number of fused-ring (bicyclic) bond motifs is 1. The number of hydrogen-bond acceptors (Lipinski definition) is 4. The Kier molecular flexibility index (Phi) is 4.55. The van der Waals surface area contributed by atoms with Crippen molar-refractivity contribution >= 4 is 38.3 Å². The lowest BCUT2D eigenvalue weighted by Gasteiger charge is -2.30. The number of nitrogens with zero attached hydrogens (tertiary/aromatic N) is 2. The van der Waals surface area contributed by atoms with E-state index in [0.29, 0.717) is 16.1 Å². The van der Waals surface area contributed by atoms with Gasteiger partial charge in [0.25, 0.3) is 15.9 Å². The third-order valence-corrected chi connectivity index (χ3v) is 7.34. The van der Waals surface area contributed by atoms with E-state index in [1.54, 1.807) is 25.1 Å². The van der Waals surface area contributed by atoms with Gasteiger partial charge in [0.1, 0.15) is 5.78 Å². The minimum Gasteiger partial charge on any atom is -0.299 e. The van der Waals surface area contributed by atoms with Gasteiger partial charge in [-0.1, -0.05) is 36.7 Å². The van der Waals surface area contributed by atoms with E-state index in [0.717, 1.165) is 35.3 Å². The zero-order valence-corrected chi connectivity index (χ0v) is 17.1. The molecule has 1 fully saturated rings. The minimum absolute atomic E-state index is 0.0868. The molecule has 152 valence electrons. The quantitative estimate of drug-likeness (QED) is 0.590. The Balaban J connectivity index is 1.87. The first kappa shape index (κ1) is 20.0. The van der Waals surface area contributed by atoms with Crippen LogP contribution in [0.3, 0.4) is 0 Å². The molecule has 0 amide bonds. The van der Waals surface area contributed by atoms with Gasteiger partial charge >= 0.3 is 0 Å². The van der Waals surface area contributed by atoms with Crippen molar-refractivity contribution in [2.24, 2.45) is 5.92 Å². The van der Waals surface area contributed by atoms with Crippen molar-refractivity contribution in [3.8, 4) is 0 Å². The fourth-order valence-corrected chi connectivity index (χ4v) is 5.12. The molecule has 2 aromatic carbocycles. The van der Waals surface area contributed by atoms with E-state index < -0.39 is 15.9 Å². The maximum atomic E-state index is 13.5. The molecule has 2 unspecified atom stereocenters. The van der Waals surface area contributed by atoms with E-state index >= 15 is 0 Å². The first-order valence-corrected chi connectivity index (χ1v) is 10.8. The lowest BCUT2D eigenvalue weighted by atomic mass is 9.71. The Bertz CT molecular complexity index is 1230. The third-order valence-electron chi connectivity index (χ3n) is 5.42. The molecule has 5 nitrogen and oxygen atoms in total. The molecular formula is C20H17ClF2N2O3S. The fraction of sp³-hybridized carbons (Fsp3) is 0.300. The molecule has 0 bridgehead atoms. The van der Waals surface area contributed by atoms with Crippen LogP contribution in [-0.2, 0) is 20.7 Å². The Morgan fingerprint density at radius 1 is 1.17 bits per heavy atom. The van der Waals surface area contributed by atoms with Gasteiger partial charge in [-0.05, 0) is 24.3 Å². The number of aromatic nitrogens is 2. The number of carbonyl (C=O) groups excluding carboxylic acids is 1. The molecule has 0 radical (unpaired) electrons. The molecule has 1 aliphatic carbocycles. The van der Waals surface area contributed by atoms with Gasteiger partial charge in [-0.15, -0.1) is 0 Å². The highest BCUT2D eigenvalue weighted by molar-refractivity contribution is 7.90. The van der Waals surface area contributed by atoms with Crippen LogP contribution in [0, 0.1) is 5.92 Å². The number of hydrogen-bond donors (Lipinski definition) is 0. The molecule has 2 atom stereocenters. The van der Waals surface area contributed by atoms with Crippen LogP contribution in [0.15, 0.2) is 47.4 Å². The minimum atomic E-state index is -4.16. The first-order valence-electron chi connectivity index (χ1n) is 8.95. The Morgan fingerprint density at radius 3 is 2.38 bits per heavy atom. The van der Waals surface area contributed by atoms with Crippen LogP contribution < -0.4 is 0 Å². The molecular weight excluding hydrogens is 422 g/mol. The second-order valence-electron chi connectivity index (χ2n) is 7.35. The Hall–Kier alpha value is -2.32. The van der Waals surface area contributed by atoms with Crippen molar-refractivity contribution in [1.82, 2.24) is 9.19 Å². The molecule has 0 N–H and O–H groups in total. The van der Waals surface area contributed by atoms with E-state index in [9.17, 15) is 22.0 Å². The van der Waals surface area contributed by atoms with Crippen LogP contribution in [0.2, 0.25) is 5.02 Å². The van der Waals surface area contributed by atoms with Gasteiger partial charge in [0.15, 0.2) is 0 Å². The molecule has 1 aliphatic rings. The van der Waals surface area contributed by atoms with Crippen molar-refractivity contribution in [3.05, 3.63) is 58.7 Å². The van der Waals surface area contributed by atoms with Gasteiger partial charge < -0.3 is 0 Å². The summed E-state index contributed by atoms with van der Waals surface area (Å²) in [6, 6.07) is 9.26. The number of ketones is 1. The summed E-state index contributed by atoms with van der Waals surface area (Å²) < 4.78 is 54.2. The Labute approximate surface area is 171 Å². The summed E-state index contributed by atoms with van der Waals surface area (Å²) in [5, 5.41) is 5.14. The average Bonchev–Trinajstić information content (AvgIpc) is 3.06. The SMILES string of the molecule is CC1C(=O)CC1c1nn(S(=O)(=O)c2ccc(C(C)(F)F)cc2)c2cccc(Cl)c12. The zero-order valence-electron chi connectivity index (χ0n) is 15.6. The highest BCUT2D eigenvalue weighted by Gasteiger charge is 2.41. The normalized spacial score (nSPS) is 20.1. The molecule has 0 saturated heterocycles.